The average molecular weight is 414 g/mol. The Balaban J connectivity index is 1.78. The number of para-hydroxylation sites is 3. The van der Waals surface area contributed by atoms with E-state index in [1.54, 1.807) is 57.2 Å². The van der Waals surface area contributed by atoms with E-state index in [9.17, 15) is 13.2 Å². The van der Waals surface area contributed by atoms with Crippen molar-refractivity contribution in [2.24, 2.45) is 0 Å². The van der Waals surface area contributed by atoms with Gasteiger partial charge in [-0.05, 0) is 57.2 Å². The molecule has 2 aromatic carbocycles. The summed E-state index contributed by atoms with van der Waals surface area (Å²) in [5, 5.41) is 2.36. The predicted octanol–water partition coefficient (Wildman–Crippen LogP) is 4.40. The summed E-state index contributed by atoms with van der Waals surface area (Å²) in [5.41, 5.74) is -0.253. The van der Waals surface area contributed by atoms with Gasteiger partial charge in [0.15, 0.2) is 11.5 Å². The van der Waals surface area contributed by atoms with E-state index in [0.717, 1.165) is 0 Å². The van der Waals surface area contributed by atoms with Crippen molar-refractivity contribution in [1.82, 2.24) is 4.72 Å². The number of hydrogen-bond acceptors (Lipinski definition) is 5. The standard InChI is InChI=1S/C21H22N2O5S/c1-21(2,3)23-29(25,26)19-14-13-18(28-19)20(24)22-16-11-7-8-12-17(16)27-15-9-5-4-6-10-15/h4-14,23H,1-3H3,(H,22,24). The maximum absolute atomic E-state index is 12.6. The number of carbonyl (C=O) groups is 1. The van der Waals surface area contributed by atoms with Gasteiger partial charge in [-0.2, -0.15) is 0 Å². The first kappa shape index (κ1) is 20.6. The maximum Gasteiger partial charge on any atom is 0.291 e. The highest BCUT2D eigenvalue weighted by atomic mass is 32.2. The molecule has 8 heteroatoms. The molecular weight excluding hydrogens is 392 g/mol. The Morgan fingerprint density at radius 1 is 0.931 bits per heavy atom. The molecule has 1 heterocycles. The molecule has 7 nitrogen and oxygen atoms in total. The van der Waals surface area contributed by atoms with Gasteiger partial charge < -0.3 is 14.5 Å². The van der Waals surface area contributed by atoms with Crippen molar-refractivity contribution in [3.05, 3.63) is 72.5 Å². The van der Waals surface area contributed by atoms with E-state index in [4.69, 9.17) is 9.15 Å². The molecule has 0 radical (unpaired) electrons. The van der Waals surface area contributed by atoms with Gasteiger partial charge >= 0.3 is 0 Å². The number of hydrogen-bond donors (Lipinski definition) is 2. The average Bonchev–Trinajstić information content (AvgIpc) is 3.14. The van der Waals surface area contributed by atoms with Gasteiger partial charge in [0, 0.05) is 5.54 Å². The number of sulfonamides is 1. The highest BCUT2D eigenvalue weighted by molar-refractivity contribution is 7.89. The van der Waals surface area contributed by atoms with E-state index >= 15 is 0 Å². The van der Waals surface area contributed by atoms with Gasteiger partial charge in [0.1, 0.15) is 5.75 Å². The van der Waals surface area contributed by atoms with E-state index in [2.05, 4.69) is 10.0 Å². The summed E-state index contributed by atoms with van der Waals surface area (Å²) in [6.45, 7) is 5.14. The zero-order valence-corrected chi connectivity index (χ0v) is 17.1. The van der Waals surface area contributed by atoms with E-state index in [1.807, 2.05) is 18.2 Å². The minimum Gasteiger partial charge on any atom is -0.455 e. The second-order valence-corrected chi connectivity index (χ2v) is 8.95. The van der Waals surface area contributed by atoms with Crippen molar-refractivity contribution in [3.63, 3.8) is 0 Å². The van der Waals surface area contributed by atoms with Crippen LogP contribution in [0.15, 0.2) is 76.2 Å². The number of amides is 1. The van der Waals surface area contributed by atoms with E-state index in [0.29, 0.717) is 17.2 Å². The summed E-state index contributed by atoms with van der Waals surface area (Å²) < 4.78 is 38.3. The number of furan rings is 1. The van der Waals surface area contributed by atoms with Crippen LogP contribution in [0.25, 0.3) is 0 Å². The first-order chi connectivity index (χ1) is 13.6. The van der Waals surface area contributed by atoms with Crippen molar-refractivity contribution in [2.75, 3.05) is 5.32 Å². The second kappa shape index (κ2) is 8.10. The van der Waals surface area contributed by atoms with Crippen LogP contribution in [0.5, 0.6) is 11.5 Å². The Hall–Kier alpha value is -3.10. The molecule has 0 atom stereocenters. The monoisotopic (exact) mass is 414 g/mol. The number of benzene rings is 2. The summed E-state index contributed by atoms with van der Waals surface area (Å²) in [4.78, 5) is 12.6. The van der Waals surface area contributed by atoms with Gasteiger partial charge in [-0.15, -0.1) is 0 Å². The lowest BCUT2D eigenvalue weighted by atomic mass is 10.1. The zero-order chi connectivity index (χ0) is 21.1. The van der Waals surface area contributed by atoms with E-state index < -0.39 is 21.5 Å². The molecule has 0 fully saturated rings. The number of ether oxygens (including phenoxy) is 1. The number of nitrogens with one attached hydrogen (secondary N) is 2. The SMILES string of the molecule is CC(C)(C)NS(=O)(=O)c1ccc(C(=O)Nc2ccccc2Oc2ccccc2)o1. The Morgan fingerprint density at radius 3 is 2.28 bits per heavy atom. The van der Waals surface area contributed by atoms with Crippen LogP contribution in [0.1, 0.15) is 31.3 Å². The van der Waals surface area contributed by atoms with Crippen LogP contribution >= 0.6 is 0 Å². The third-order valence-electron chi connectivity index (χ3n) is 3.62. The molecule has 0 spiro atoms. The zero-order valence-electron chi connectivity index (χ0n) is 16.3. The van der Waals surface area contributed by atoms with Gasteiger partial charge in [-0.3, -0.25) is 4.79 Å². The summed E-state index contributed by atoms with van der Waals surface area (Å²) in [5.74, 6) is 0.342. The fraction of sp³-hybridized carbons (Fsp3) is 0.190. The molecule has 0 aliphatic rings. The molecular formula is C21H22N2O5S. The molecule has 0 unspecified atom stereocenters. The summed E-state index contributed by atoms with van der Waals surface area (Å²) in [6.07, 6.45) is 0. The molecule has 0 saturated heterocycles. The van der Waals surface area contributed by atoms with Gasteiger partial charge in [-0.1, -0.05) is 30.3 Å². The van der Waals surface area contributed by atoms with Gasteiger partial charge in [0.2, 0.25) is 5.09 Å². The lowest BCUT2D eigenvalue weighted by molar-refractivity contribution is 0.0991. The van der Waals surface area contributed by atoms with E-state index in [1.165, 1.54) is 12.1 Å². The smallest absolute Gasteiger partial charge is 0.291 e. The first-order valence-electron chi connectivity index (χ1n) is 8.91. The highest BCUT2D eigenvalue weighted by Gasteiger charge is 2.26. The molecule has 1 aromatic heterocycles. The summed E-state index contributed by atoms with van der Waals surface area (Å²) in [7, 11) is -3.87. The molecule has 152 valence electrons. The van der Waals surface area contributed by atoms with Gasteiger partial charge in [0.05, 0.1) is 5.69 Å². The van der Waals surface area contributed by atoms with Crippen molar-refractivity contribution in [2.45, 2.75) is 31.4 Å². The van der Waals surface area contributed by atoms with Crippen LogP contribution in [0.3, 0.4) is 0 Å². The lowest BCUT2D eigenvalue weighted by Crippen LogP contribution is -2.40. The van der Waals surface area contributed by atoms with Crippen LogP contribution < -0.4 is 14.8 Å². The summed E-state index contributed by atoms with van der Waals surface area (Å²) in [6, 6.07) is 18.6. The highest BCUT2D eigenvalue weighted by Crippen LogP contribution is 2.29. The Morgan fingerprint density at radius 2 is 1.59 bits per heavy atom. The van der Waals surface area contributed by atoms with Crippen LogP contribution in [0, 0.1) is 0 Å². The lowest BCUT2D eigenvalue weighted by Gasteiger charge is -2.19. The van der Waals surface area contributed by atoms with Crippen molar-refractivity contribution in [3.8, 4) is 11.5 Å². The third-order valence-corrected chi connectivity index (χ3v) is 5.25. The fourth-order valence-electron chi connectivity index (χ4n) is 2.50. The fourth-order valence-corrected chi connectivity index (χ4v) is 3.85. The molecule has 0 aliphatic carbocycles. The largest absolute Gasteiger partial charge is 0.455 e. The molecule has 0 aliphatic heterocycles. The van der Waals surface area contributed by atoms with Crippen LogP contribution in [0.4, 0.5) is 5.69 Å². The maximum atomic E-state index is 12.6. The first-order valence-corrected chi connectivity index (χ1v) is 10.4. The van der Waals surface area contributed by atoms with Crippen molar-refractivity contribution < 1.29 is 22.4 Å². The molecule has 0 bridgehead atoms. The van der Waals surface area contributed by atoms with E-state index in [-0.39, 0.29) is 10.9 Å². The van der Waals surface area contributed by atoms with Crippen LogP contribution in [0.2, 0.25) is 0 Å². The number of carbonyl (C=O) groups excluding carboxylic acids is 1. The Bertz CT molecular complexity index is 1100. The van der Waals surface area contributed by atoms with Crippen LogP contribution in [-0.2, 0) is 10.0 Å². The molecule has 29 heavy (non-hydrogen) atoms. The molecule has 3 aromatic rings. The van der Waals surface area contributed by atoms with Crippen molar-refractivity contribution >= 4 is 21.6 Å². The normalized spacial score (nSPS) is 11.8. The predicted molar refractivity (Wildman–Crippen MR) is 110 cm³/mol. The topological polar surface area (TPSA) is 97.6 Å². The molecule has 2 N–H and O–H groups in total. The molecule has 3 rings (SSSR count). The van der Waals surface area contributed by atoms with Crippen molar-refractivity contribution in [1.29, 1.82) is 0 Å². The Labute approximate surface area is 169 Å². The minimum atomic E-state index is -3.87. The van der Waals surface area contributed by atoms with Crippen LogP contribution in [-0.4, -0.2) is 19.9 Å². The molecule has 1 amide bonds. The third kappa shape index (κ3) is 5.46. The summed E-state index contributed by atoms with van der Waals surface area (Å²) >= 11 is 0. The number of anilines is 1. The molecule has 0 saturated carbocycles. The Kier molecular flexibility index (Phi) is 5.76. The van der Waals surface area contributed by atoms with Gasteiger partial charge in [-0.25, -0.2) is 13.1 Å². The quantitative estimate of drug-likeness (QED) is 0.623. The van der Waals surface area contributed by atoms with Gasteiger partial charge in [0.25, 0.3) is 15.9 Å². The number of rotatable bonds is 6. The minimum absolute atomic E-state index is 0.131. The second-order valence-electron chi connectivity index (χ2n) is 7.34.